The second kappa shape index (κ2) is 3.58. The van der Waals surface area contributed by atoms with Gasteiger partial charge >= 0.3 is 0 Å². The molecule has 1 heterocycles. The highest BCUT2D eigenvalue weighted by Crippen LogP contribution is 2.19. The Balaban J connectivity index is 2.53. The molecular formula is C9H15NO. The molecule has 0 aromatic carbocycles. The second-order valence-electron chi connectivity index (χ2n) is 2.81. The molecule has 2 nitrogen and oxygen atoms in total. The molecule has 0 aromatic rings. The van der Waals surface area contributed by atoms with Crippen molar-refractivity contribution in [3.8, 4) is 0 Å². The van der Waals surface area contributed by atoms with Gasteiger partial charge < -0.3 is 9.64 Å². The highest BCUT2D eigenvalue weighted by atomic mass is 16.5. The Kier molecular flexibility index (Phi) is 2.71. The zero-order valence-corrected chi connectivity index (χ0v) is 6.99. The molecule has 2 atom stereocenters. The van der Waals surface area contributed by atoms with Crippen LogP contribution in [0.15, 0.2) is 25.4 Å². The van der Waals surface area contributed by atoms with Crippen molar-refractivity contribution >= 4 is 0 Å². The number of hydrogen-bond acceptors (Lipinski definition) is 2. The lowest BCUT2D eigenvalue weighted by molar-refractivity contribution is 0.0935. The van der Waals surface area contributed by atoms with E-state index in [1.54, 1.807) is 7.11 Å². The monoisotopic (exact) mass is 153 g/mol. The molecule has 0 amide bonds. The van der Waals surface area contributed by atoms with Crippen LogP contribution in [0.5, 0.6) is 0 Å². The molecule has 1 saturated heterocycles. The van der Waals surface area contributed by atoms with Crippen molar-refractivity contribution in [3.63, 3.8) is 0 Å². The van der Waals surface area contributed by atoms with E-state index in [9.17, 15) is 0 Å². The fourth-order valence-electron chi connectivity index (χ4n) is 1.45. The first kappa shape index (κ1) is 8.34. The van der Waals surface area contributed by atoms with Crippen molar-refractivity contribution in [2.75, 3.05) is 20.2 Å². The van der Waals surface area contributed by atoms with E-state index >= 15 is 0 Å². The van der Waals surface area contributed by atoms with Crippen LogP contribution in [-0.2, 0) is 4.74 Å². The Hall–Kier alpha value is -0.760. The average molecular weight is 153 g/mol. The molecular weight excluding hydrogens is 138 g/mol. The Labute approximate surface area is 68.1 Å². The SMILES string of the molecule is C=C[C@H]1CN(C=C)C[C@@H]1OC. The van der Waals surface area contributed by atoms with Crippen LogP contribution in [0.1, 0.15) is 0 Å². The normalized spacial score (nSPS) is 30.5. The summed E-state index contributed by atoms with van der Waals surface area (Å²) in [5, 5.41) is 0. The molecule has 11 heavy (non-hydrogen) atoms. The Morgan fingerprint density at radius 3 is 2.55 bits per heavy atom. The minimum atomic E-state index is 0.297. The van der Waals surface area contributed by atoms with Crippen LogP contribution in [-0.4, -0.2) is 31.2 Å². The van der Waals surface area contributed by atoms with Gasteiger partial charge in [0.15, 0.2) is 0 Å². The van der Waals surface area contributed by atoms with Gasteiger partial charge in [-0.1, -0.05) is 12.7 Å². The minimum Gasteiger partial charge on any atom is -0.379 e. The second-order valence-corrected chi connectivity index (χ2v) is 2.81. The van der Waals surface area contributed by atoms with Gasteiger partial charge in [-0.15, -0.1) is 6.58 Å². The van der Waals surface area contributed by atoms with E-state index in [4.69, 9.17) is 4.74 Å². The summed E-state index contributed by atoms with van der Waals surface area (Å²) in [5.74, 6) is 0.456. The lowest BCUT2D eigenvalue weighted by atomic mass is 10.1. The average Bonchev–Trinajstić information content (AvgIpc) is 2.46. The molecule has 1 rings (SSSR count). The van der Waals surface area contributed by atoms with Crippen LogP contribution in [0, 0.1) is 5.92 Å². The molecule has 2 heteroatoms. The van der Waals surface area contributed by atoms with E-state index in [1.165, 1.54) is 0 Å². The summed E-state index contributed by atoms with van der Waals surface area (Å²) in [6.45, 7) is 9.42. The van der Waals surface area contributed by atoms with E-state index in [-0.39, 0.29) is 0 Å². The summed E-state index contributed by atoms with van der Waals surface area (Å²) in [6.07, 6.45) is 4.11. The third kappa shape index (κ3) is 1.63. The molecule has 1 fully saturated rings. The van der Waals surface area contributed by atoms with Crippen LogP contribution in [0.4, 0.5) is 0 Å². The fourth-order valence-corrected chi connectivity index (χ4v) is 1.45. The standard InChI is InChI=1S/C9H15NO/c1-4-8-6-10(5-2)7-9(8)11-3/h4-5,8-9H,1-2,6-7H2,3H3/t8-,9-/m0/s1. The Morgan fingerprint density at radius 2 is 2.18 bits per heavy atom. The number of methoxy groups -OCH3 is 1. The quantitative estimate of drug-likeness (QED) is 0.566. The smallest absolute Gasteiger partial charge is 0.0825 e. The predicted molar refractivity (Wildman–Crippen MR) is 46.3 cm³/mol. The summed E-state index contributed by atoms with van der Waals surface area (Å²) in [6, 6.07) is 0. The number of nitrogens with zero attached hydrogens (tertiary/aromatic N) is 1. The van der Waals surface area contributed by atoms with E-state index in [0.29, 0.717) is 12.0 Å². The van der Waals surface area contributed by atoms with Crippen LogP contribution >= 0.6 is 0 Å². The van der Waals surface area contributed by atoms with Crippen molar-refractivity contribution in [2.24, 2.45) is 5.92 Å². The number of ether oxygens (including phenoxy) is 1. The van der Waals surface area contributed by atoms with Gasteiger partial charge in [-0.2, -0.15) is 0 Å². The van der Waals surface area contributed by atoms with Crippen molar-refractivity contribution < 1.29 is 4.74 Å². The molecule has 1 aliphatic heterocycles. The molecule has 0 radical (unpaired) electrons. The molecule has 0 aliphatic carbocycles. The third-order valence-corrected chi connectivity index (χ3v) is 2.20. The van der Waals surface area contributed by atoms with Crippen molar-refractivity contribution in [3.05, 3.63) is 25.4 Å². The Bertz CT molecular complexity index is 156. The first-order chi connectivity index (χ1) is 5.31. The topological polar surface area (TPSA) is 12.5 Å². The molecule has 0 spiro atoms. The van der Waals surface area contributed by atoms with E-state index in [2.05, 4.69) is 18.1 Å². The van der Waals surface area contributed by atoms with Gasteiger partial charge in [0, 0.05) is 26.1 Å². The molecule has 0 N–H and O–H groups in total. The highest BCUT2D eigenvalue weighted by Gasteiger charge is 2.28. The van der Waals surface area contributed by atoms with Gasteiger partial charge in [-0.05, 0) is 6.20 Å². The predicted octanol–water partition coefficient (Wildman–Crippen LogP) is 1.26. The van der Waals surface area contributed by atoms with Gasteiger partial charge in [0.2, 0.25) is 0 Å². The number of rotatable bonds is 3. The summed E-state index contributed by atoms with van der Waals surface area (Å²) >= 11 is 0. The lowest BCUT2D eigenvalue weighted by Gasteiger charge is -2.11. The van der Waals surface area contributed by atoms with Crippen LogP contribution < -0.4 is 0 Å². The zero-order valence-electron chi connectivity index (χ0n) is 6.99. The third-order valence-electron chi connectivity index (χ3n) is 2.20. The molecule has 0 bridgehead atoms. The summed E-state index contributed by atoms with van der Waals surface area (Å²) in [7, 11) is 1.74. The van der Waals surface area contributed by atoms with Gasteiger partial charge in [-0.25, -0.2) is 0 Å². The first-order valence-corrected chi connectivity index (χ1v) is 3.83. The minimum absolute atomic E-state index is 0.297. The van der Waals surface area contributed by atoms with Crippen molar-refractivity contribution in [2.45, 2.75) is 6.10 Å². The van der Waals surface area contributed by atoms with E-state index in [1.807, 2.05) is 12.3 Å². The summed E-state index contributed by atoms with van der Waals surface area (Å²) < 4.78 is 5.29. The van der Waals surface area contributed by atoms with Crippen LogP contribution in [0.25, 0.3) is 0 Å². The van der Waals surface area contributed by atoms with Crippen molar-refractivity contribution in [1.29, 1.82) is 0 Å². The first-order valence-electron chi connectivity index (χ1n) is 3.83. The maximum absolute atomic E-state index is 5.29. The number of likely N-dealkylation sites (tertiary alicyclic amines) is 1. The lowest BCUT2D eigenvalue weighted by Crippen LogP contribution is -2.19. The fraction of sp³-hybridized carbons (Fsp3) is 0.556. The summed E-state index contributed by atoms with van der Waals surface area (Å²) in [4.78, 5) is 2.15. The largest absolute Gasteiger partial charge is 0.379 e. The highest BCUT2D eigenvalue weighted by molar-refractivity contribution is 4.97. The molecule has 0 saturated carbocycles. The Morgan fingerprint density at radius 1 is 1.45 bits per heavy atom. The van der Waals surface area contributed by atoms with Crippen molar-refractivity contribution in [1.82, 2.24) is 4.90 Å². The van der Waals surface area contributed by atoms with Gasteiger partial charge in [0.25, 0.3) is 0 Å². The van der Waals surface area contributed by atoms with Gasteiger partial charge in [0.1, 0.15) is 0 Å². The van der Waals surface area contributed by atoms with Crippen LogP contribution in [0.3, 0.4) is 0 Å². The van der Waals surface area contributed by atoms with Gasteiger partial charge in [-0.3, -0.25) is 0 Å². The molecule has 0 aromatic heterocycles. The molecule has 1 aliphatic rings. The number of hydrogen-bond donors (Lipinski definition) is 0. The van der Waals surface area contributed by atoms with Crippen LogP contribution in [0.2, 0.25) is 0 Å². The van der Waals surface area contributed by atoms with E-state index < -0.39 is 0 Å². The molecule has 62 valence electrons. The van der Waals surface area contributed by atoms with Gasteiger partial charge in [0.05, 0.1) is 6.10 Å². The molecule has 0 unspecified atom stereocenters. The van der Waals surface area contributed by atoms with E-state index in [0.717, 1.165) is 13.1 Å². The maximum Gasteiger partial charge on any atom is 0.0825 e. The summed E-state index contributed by atoms with van der Waals surface area (Å²) in [5.41, 5.74) is 0. The maximum atomic E-state index is 5.29. The zero-order chi connectivity index (χ0) is 8.27.